The van der Waals surface area contributed by atoms with Crippen LogP contribution in [0.3, 0.4) is 0 Å². The predicted octanol–water partition coefficient (Wildman–Crippen LogP) is 3.06. The Kier molecular flexibility index (Phi) is 6.90. The molecule has 0 saturated heterocycles. The van der Waals surface area contributed by atoms with Crippen LogP contribution in [-0.2, 0) is 4.79 Å². The molecule has 0 amide bonds. The molecular formula is C26H44NO4. The average Bonchev–Trinajstić information content (AvgIpc) is 3.08. The van der Waals surface area contributed by atoms with Gasteiger partial charge in [-0.3, -0.25) is 4.79 Å². The van der Waals surface area contributed by atoms with Gasteiger partial charge in [0.2, 0.25) is 6.29 Å². The number of rotatable bonds is 7. The Hall–Kier alpha value is -0.490. The van der Waals surface area contributed by atoms with Crippen molar-refractivity contribution in [3.8, 4) is 0 Å². The van der Waals surface area contributed by atoms with Gasteiger partial charge in [-0.15, -0.1) is 0 Å². The first-order valence-electron chi connectivity index (χ1n) is 12.8. The summed E-state index contributed by atoms with van der Waals surface area (Å²) < 4.78 is 0. The Morgan fingerprint density at radius 3 is 2.58 bits per heavy atom. The van der Waals surface area contributed by atoms with Crippen LogP contribution in [0.15, 0.2) is 0 Å². The summed E-state index contributed by atoms with van der Waals surface area (Å²) in [4.78, 5) is 10.4. The molecule has 0 aromatic heterocycles. The Bertz CT molecular complexity index is 643. The van der Waals surface area contributed by atoms with Gasteiger partial charge in [0.25, 0.3) is 0 Å². The minimum atomic E-state index is -0.314. The molecule has 0 aromatic carbocycles. The van der Waals surface area contributed by atoms with Crippen molar-refractivity contribution in [2.45, 2.75) is 96.9 Å². The summed E-state index contributed by atoms with van der Waals surface area (Å²) in [7, 11) is 0. The maximum absolute atomic E-state index is 11.6. The van der Waals surface area contributed by atoms with Gasteiger partial charge in [-0.1, -0.05) is 20.8 Å². The fourth-order valence-corrected chi connectivity index (χ4v) is 9.02. The Morgan fingerprint density at radius 1 is 1.06 bits per heavy atom. The Balaban J connectivity index is 1.50. The van der Waals surface area contributed by atoms with E-state index in [1.54, 1.807) is 0 Å². The molecule has 177 valence electrons. The van der Waals surface area contributed by atoms with E-state index in [1.807, 2.05) is 6.29 Å². The lowest BCUT2D eigenvalue weighted by atomic mass is 9.43. The molecule has 4 fully saturated rings. The normalized spacial score (nSPS) is 50.3. The highest BCUT2D eigenvalue weighted by atomic mass is 16.3. The molecule has 0 spiro atoms. The second-order valence-electron chi connectivity index (χ2n) is 12.0. The smallest absolute Gasteiger partial charge is 0.213 e. The van der Waals surface area contributed by atoms with Gasteiger partial charge < -0.3 is 20.6 Å². The summed E-state index contributed by atoms with van der Waals surface area (Å²) in [6.07, 6.45) is 9.74. The quantitative estimate of drug-likeness (QED) is 0.463. The van der Waals surface area contributed by atoms with Gasteiger partial charge in [0.05, 0.1) is 24.9 Å². The molecule has 0 aromatic rings. The number of aliphatic hydroxyl groups is 3. The topological polar surface area (TPSA) is 89.8 Å². The summed E-state index contributed by atoms with van der Waals surface area (Å²) in [6.45, 7) is 8.18. The summed E-state index contributed by atoms with van der Waals surface area (Å²) in [5, 5.41) is 36.3. The van der Waals surface area contributed by atoms with Gasteiger partial charge in [-0.05, 0) is 111 Å². The second-order valence-corrected chi connectivity index (χ2v) is 12.0. The molecule has 4 rings (SSSR count). The van der Waals surface area contributed by atoms with E-state index in [4.69, 9.17) is 0 Å². The van der Waals surface area contributed by atoms with Gasteiger partial charge in [0, 0.05) is 0 Å². The number of hydrogen-bond acceptors (Lipinski definition) is 5. The Morgan fingerprint density at radius 2 is 1.84 bits per heavy atom. The lowest BCUT2D eigenvalue weighted by Crippen LogP contribution is -2.62. The molecule has 4 saturated carbocycles. The molecular weight excluding hydrogens is 390 g/mol. The van der Waals surface area contributed by atoms with E-state index in [0.29, 0.717) is 36.1 Å². The molecule has 11 atom stereocenters. The van der Waals surface area contributed by atoms with Crippen LogP contribution >= 0.6 is 0 Å². The van der Waals surface area contributed by atoms with E-state index in [9.17, 15) is 20.1 Å². The SMILES string of the molecule is C[C@H](CCCNC[C]=O)[C@H]1CC[C@H]2[C@@H]3[C@H](O)C[C@@H]4C[C@H](O)CC[C@]4(C)[C@H]3C[C@H](O)[C@]12C. The monoisotopic (exact) mass is 434 g/mol. The van der Waals surface area contributed by atoms with Crippen molar-refractivity contribution < 1.29 is 20.1 Å². The molecule has 0 bridgehead atoms. The minimum Gasteiger partial charge on any atom is -0.393 e. The van der Waals surface area contributed by atoms with Crippen LogP contribution in [-0.4, -0.2) is 53.0 Å². The molecule has 4 aliphatic carbocycles. The zero-order valence-electron chi connectivity index (χ0n) is 19.7. The highest BCUT2D eigenvalue weighted by molar-refractivity contribution is 5.52. The van der Waals surface area contributed by atoms with Crippen LogP contribution < -0.4 is 5.32 Å². The van der Waals surface area contributed by atoms with Crippen molar-refractivity contribution in [3.05, 3.63) is 0 Å². The number of nitrogens with one attached hydrogen (secondary N) is 1. The third kappa shape index (κ3) is 3.92. The van der Waals surface area contributed by atoms with Gasteiger partial charge in [0.1, 0.15) is 0 Å². The summed E-state index contributed by atoms with van der Waals surface area (Å²) in [5.74, 6) is 2.41. The zero-order chi connectivity index (χ0) is 22.4. The largest absolute Gasteiger partial charge is 0.393 e. The van der Waals surface area contributed by atoms with Crippen LogP contribution in [0, 0.1) is 46.3 Å². The molecule has 31 heavy (non-hydrogen) atoms. The first-order chi connectivity index (χ1) is 14.7. The van der Waals surface area contributed by atoms with Gasteiger partial charge >= 0.3 is 0 Å². The third-order valence-electron chi connectivity index (χ3n) is 10.7. The predicted molar refractivity (Wildman–Crippen MR) is 121 cm³/mol. The third-order valence-corrected chi connectivity index (χ3v) is 10.7. The maximum Gasteiger partial charge on any atom is 0.213 e. The fourth-order valence-electron chi connectivity index (χ4n) is 9.02. The van der Waals surface area contributed by atoms with Crippen molar-refractivity contribution in [2.24, 2.45) is 46.3 Å². The van der Waals surface area contributed by atoms with Gasteiger partial charge in [-0.2, -0.15) is 0 Å². The lowest BCUT2D eigenvalue weighted by molar-refractivity contribution is -0.207. The molecule has 5 heteroatoms. The number of carbonyl (C=O) groups excluding carboxylic acids is 1. The van der Waals surface area contributed by atoms with E-state index >= 15 is 0 Å². The van der Waals surface area contributed by atoms with Crippen molar-refractivity contribution in [1.82, 2.24) is 5.32 Å². The summed E-state index contributed by atoms with van der Waals surface area (Å²) in [5.41, 5.74) is 0.0132. The molecule has 4 aliphatic rings. The lowest BCUT2D eigenvalue weighted by Gasteiger charge is -2.63. The fraction of sp³-hybridized carbons (Fsp3) is 0.962. The van der Waals surface area contributed by atoms with Gasteiger partial charge in [-0.25, -0.2) is 0 Å². The number of fused-ring (bicyclic) bond motifs is 5. The van der Waals surface area contributed by atoms with E-state index in [2.05, 4.69) is 26.1 Å². The standard InChI is InChI=1S/C26H44NO4/c1-16(5-4-10-27-11-12-28)19-6-7-20-24-21(15-23(31)26(19,20)3)25(2)9-8-18(29)13-17(25)14-22(24)30/h16-24,27,29-31H,4-11,13-15H2,1-3H3/t16-,17+,18-,19-,20+,21+,22-,23+,24+,25+,26-/m1/s1. The van der Waals surface area contributed by atoms with Crippen molar-refractivity contribution in [1.29, 1.82) is 0 Å². The molecule has 5 nitrogen and oxygen atoms in total. The van der Waals surface area contributed by atoms with Crippen LogP contribution in [0.4, 0.5) is 0 Å². The van der Waals surface area contributed by atoms with E-state index in [1.165, 1.54) is 0 Å². The molecule has 0 aliphatic heterocycles. The summed E-state index contributed by atoms with van der Waals surface area (Å²) >= 11 is 0. The number of hydrogen-bond donors (Lipinski definition) is 4. The van der Waals surface area contributed by atoms with E-state index in [-0.39, 0.29) is 35.1 Å². The zero-order valence-corrected chi connectivity index (χ0v) is 19.7. The van der Waals surface area contributed by atoms with Crippen molar-refractivity contribution in [2.75, 3.05) is 13.1 Å². The first-order valence-corrected chi connectivity index (χ1v) is 12.8. The van der Waals surface area contributed by atoms with Crippen molar-refractivity contribution in [3.63, 3.8) is 0 Å². The highest BCUT2D eigenvalue weighted by Crippen LogP contribution is 2.68. The highest BCUT2D eigenvalue weighted by Gasteiger charge is 2.65. The average molecular weight is 435 g/mol. The maximum atomic E-state index is 11.6. The van der Waals surface area contributed by atoms with Crippen LogP contribution in [0.2, 0.25) is 0 Å². The minimum absolute atomic E-state index is 0.122. The van der Waals surface area contributed by atoms with E-state index < -0.39 is 0 Å². The molecule has 4 N–H and O–H groups in total. The summed E-state index contributed by atoms with van der Waals surface area (Å²) in [6, 6.07) is 0. The first kappa shape index (κ1) is 23.7. The van der Waals surface area contributed by atoms with E-state index in [0.717, 1.165) is 64.3 Å². The van der Waals surface area contributed by atoms with Crippen molar-refractivity contribution >= 4 is 6.29 Å². The van der Waals surface area contributed by atoms with Crippen LogP contribution in [0.1, 0.15) is 78.6 Å². The molecule has 1 radical (unpaired) electrons. The van der Waals surface area contributed by atoms with Crippen LogP contribution in [0.25, 0.3) is 0 Å². The van der Waals surface area contributed by atoms with Gasteiger partial charge in [0.15, 0.2) is 0 Å². The second kappa shape index (κ2) is 9.04. The number of aliphatic hydroxyl groups excluding tert-OH is 3. The molecule has 0 unspecified atom stereocenters. The van der Waals surface area contributed by atoms with Crippen LogP contribution in [0.5, 0.6) is 0 Å². The Labute approximate surface area is 188 Å². The molecule has 0 heterocycles.